The first kappa shape index (κ1) is 26.5. The van der Waals surface area contributed by atoms with Crippen molar-refractivity contribution in [3.8, 4) is 0 Å². The third-order valence-electron chi connectivity index (χ3n) is 7.61. The molecule has 3 aromatic carbocycles. The van der Waals surface area contributed by atoms with Gasteiger partial charge in [-0.1, -0.05) is 79.7 Å². The Morgan fingerprint density at radius 1 is 0.897 bits per heavy atom. The first-order valence-electron chi connectivity index (χ1n) is 13.7. The number of aromatic amines is 1. The van der Waals surface area contributed by atoms with E-state index in [1.54, 1.807) is 0 Å². The van der Waals surface area contributed by atoms with E-state index in [2.05, 4.69) is 93.9 Å². The van der Waals surface area contributed by atoms with Gasteiger partial charge >= 0.3 is 0 Å². The van der Waals surface area contributed by atoms with Gasteiger partial charge in [-0.25, -0.2) is 4.68 Å². The molecule has 1 unspecified atom stereocenters. The van der Waals surface area contributed by atoms with E-state index < -0.39 is 0 Å². The monoisotopic (exact) mass is 520 g/mol. The molecule has 0 spiro atoms. The van der Waals surface area contributed by atoms with Gasteiger partial charge in [-0.05, 0) is 77.2 Å². The molecule has 39 heavy (non-hydrogen) atoms. The van der Waals surface area contributed by atoms with Crippen LogP contribution in [0.15, 0.2) is 83.7 Å². The van der Waals surface area contributed by atoms with E-state index in [9.17, 15) is 4.79 Å². The van der Waals surface area contributed by atoms with Gasteiger partial charge in [0.15, 0.2) is 5.82 Å². The van der Waals surface area contributed by atoms with Crippen LogP contribution >= 0.6 is 0 Å². The standard InChI is InChI=1S/C32H36N6O/c1-4-29(31-34-35-36-38(31)20-17-25-13-6-5-7-14-25)37(19-18-26-15-9-8-11-23(26)2)22-28-21-27-16-10-12-24(3)30(27)33-32(28)39/h5-16,21,29H,4,17-20,22H2,1-3H3,(H,33,39). The Bertz CT molecular complexity index is 1590. The number of pyridine rings is 1. The van der Waals surface area contributed by atoms with Crippen LogP contribution < -0.4 is 5.56 Å². The first-order chi connectivity index (χ1) is 19.0. The maximum absolute atomic E-state index is 13.2. The molecular formula is C32H36N6O. The Morgan fingerprint density at radius 2 is 1.67 bits per heavy atom. The molecule has 1 N–H and O–H groups in total. The van der Waals surface area contributed by atoms with Crippen LogP contribution in [0.1, 0.15) is 53.0 Å². The van der Waals surface area contributed by atoms with Crippen LogP contribution in [0.25, 0.3) is 10.9 Å². The van der Waals surface area contributed by atoms with E-state index in [0.717, 1.165) is 53.7 Å². The molecule has 1 atom stereocenters. The minimum absolute atomic E-state index is 0.0348. The quantitative estimate of drug-likeness (QED) is 0.246. The summed E-state index contributed by atoms with van der Waals surface area (Å²) >= 11 is 0. The van der Waals surface area contributed by atoms with Crippen molar-refractivity contribution in [1.29, 1.82) is 0 Å². The lowest BCUT2D eigenvalue weighted by molar-refractivity contribution is 0.171. The van der Waals surface area contributed by atoms with Crippen molar-refractivity contribution in [1.82, 2.24) is 30.1 Å². The lowest BCUT2D eigenvalue weighted by Gasteiger charge is -2.30. The van der Waals surface area contributed by atoms with E-state index in [-0.39, 0.29) is 11.6 Å². The highest BCUT2D eigenvalue weighted by Crippen LogP contribution is 2.26. The third kappa shape index (κ3) is 6.15. The Labute approximate surface area is 229 Å². The fourth-order valence-electron chi connectivity index (χ4n) is 5.36. The van der Waals surface area contributed by atoms with Gasteiger partial charge in [0, 0.05) is 25.2 Å². The molecule has 2 heterocycles. The van der Waals surface area contributed by atoms with E-state index in [4.69, 9.17) is 0 Å². The highest BCUT2D eigenvalue weighted by Gasteiger charge is 2.26. The molecule has 7 heteroatoms. The maximum atomic E-state index is 13.2. The van der Waals surface area contributed by atoms with E-state index in [1.807, 2.05) is 35.9 Å². The average molecular weight is 521 g/mol. The Morgan fingerprint density at radius 3 is 2.46 bits per heavy atom. The van der Waals surface area contributed by atoms with Crippen LogP contribution in [0.2, 0.25) is 0 Å². The fourth-order valence-corrected chi connectivity index (χ4v) is 5.36. The molecule has 0 amide bonds. The van der Waals surface area contributed by atoms with Gasteiger partial charge in [0.25, 0.3) is 5.56 Å². The van der Waals surface area contributed by atoms with Crippen LogP contribution in [0.3, 0.4) is 0 Å². The molecule has 2 aromatic heterocycles. The number of benzene rings is 3. The molecule has 7 nitrogen and oxygen atoms in total. The van der Waals surface area contributed by atoms with Gasteiger partial charge < -0.3 is 4.98 Å². The van der Waals surface area contributed by atoms with Gasteiger partial charge in [-0.2, -0.15) is 0 Å². The topological polar surface area (TPSA) is 79.7 Å². The first-order valence-corrected chi connectivity index (χ1v) is 13.7. The molecule has 0 bridgehead atoms. The van der Waals surface area contributed by atoms with Crippen molar-refractivity contribution in [2.24, 2.45) is 0 Å². The molecule has 0 saturated heterocycles. The normalized spacial score (nSPS) is 12.3. The molecule has 0 saturated carbocycles. The van der Waals surface area contributed by atoms with Crippen molar-refractivity contribution in [2.45, 2.75) is 59.2 Å². The fraction of sp³-hybridized carbons (Fsp3) is 0.312. The molecule has 0 aliphatic carbocycles. The zero-order valence-corrected chi connectivity index (χ0v) is 23.0. The number of aromatic nitrogens is 5. The second-order valence-electron chi connectivity index (χ2n) is 10.2. The predicted molar refractivity (Wildman–Crippen MR) is 156 cm³/mol. The van der Waals surface area contributed by atoms with E-state index >= 15 is 0 Å². The van der Waals surface area contributed by atoms with E-state index in [0.29, 0.717) is 13.1 Å². The summed E-state index contributed by atoms with van der Waals surface area (Å²) in [6, 6.07) is 27.0. The van der Waals surface area contributed by atoms with Crippen molar-refractivity contribution in [3.63, 3.8) is 0 Å². The number of H-pyrrole nitrogens is 1. The molecule has 0 fully saturated rings. The van der Waals surface area contributed by atoms with Gasteiger partial charge in [-0.3, -0.25) is 9.69 Å². The summed E-state index contributed by atoms with van der Waals surface area (Å²) in [6.45, 7) is 8.32. The van der Waals surface area contributed by atoms with Crippen LogP contribution in [-0.2, 0) is 25.9 Å². The van der Waals surface area contributed by atoms with Crippen molar-refractivity contribution in [3.05, 3.63) is 123 Å². The lowest BCUT2D eigenvalue weighted by atomic mass is 10.0. The van der Waals surface area contributed by atoms with Crippen molar-refractivity contribution < 1.29 is 0 Å². The summed E-state index contributed by atoms with van der Waals surface area (Å²) in [6.07, 6.45) is 2.55. The van der Waals surface area contributed by atoms with Gasteiger partial charge in [0.2, 0.25) is 0 Å². The summed E-state index contributed by atoms with van der Waals surface area (Å²) in [7, 11) is 0. The van der Waals surface area contributed by atoms with Gasteiger partial charge in [0.05, 0.1) is 11.6 Å². The predicted octanol–water partition coefficient (Wildman–Crippen LogP) is 5.57. The van der Waals surface area contributed by atoms with Crippen molar-refractivity contribution in [2.75, 3.05) is 6.54 Å². The maximum Gasteiger partial charge on any atom is 0.252 e. The average Bonchev–Trinajstić information content (AvgIpc) is 3.41. The number of fused-ring (bicyclic) bond motifs is 1. The van der Waals surface area contributed by atoms with Gasteiger partial charge in [-0.15, -0.1) is 5.10 Å². The smallest absolute Gasteiger partial charge is 0.252 e. The highest BCUT2D eigenvalue weighted by molar-refractivity contribution is 5.81. The second-order valence-corrected chi connectivity index (χ2v) is 10.2. The number of nitrogens with one attached hydrogen (secondary N) is 1. The third-order valence-corrected chi connectivity index (χ3v) is 7.61. The Balaban J connectivity index is 1.46. The zero-order chi connectivity index (χ0) is 27.2. The molecule has 0 radical (unpaired) electrons. The largest absolute Gasteiger partial charge is 0.321 e. The van der Waals surface area contributed by atoms with Crippen molar-refractivity contribution >= 4 is 10.9 Å². The van der Waals surface area contributed by atoms with Crippen LogP contribution in [-0.4, -0.2) is 36.6 Å². The second kappa shape index (κ2) is 12.2. The summed E-state index contributed by atoms with van der Waals surface area (Å²) in [4.78, 5) is 18.7. The summed E-state index contributed by atoms with van der Waals surface area (Å²) < 4.78 is 1.93. The summed E-state index contributed by atoms with van der Waals surface area (Å²) in [5.41, 5.74) is 6.50. The van der Waals surface area contributed by atoms with Crippen LogP contribution in [0, 0.1) is 13.8 Å². The molecular weight excluding hydrogens is 484 g/mol. The minimum atomic E-state index is -0.0452. The lowest BCUT2D eigenvalue weighted by Crippen LogP contribution is -2.34. The molecule has 0 aliphatic rings. The SMILES string of the molecule is CCC(c1nnnn1CCc1ccccc1)N(CCc1ccccc1C)Cc1cc2cccc(C)c2[nH]c1=O. The molecule has 200 valence electrons. The number of nitrogens with zero attached hydrogens (tertiary/aromatic N) is 5. The summed E-state index contributed by atoms with van der Waals surface area (Å²) in [5, 5.41) is 14.0. The number of aryl methyl sites for hydroxylation is 4. The van der Waals surface area contributed by atoms with Crippen LogP contribution in [0.4, 0.5) is 0 Å². The van der Waals surface area contributed by atoms with Gasteiger partial charge in [0.1, 0.15) is 0 Å². The number of rotatable bonds is 11. The minimum Gasteiger partial charge on any atom is -0.321 e. The Hall–Kier alpha value is -4.10. The number of para-hydroxylation sites is 1. The summed E-state index contributed by atoms with van der Waals surface area (Å²) in [5.74, 6) is 0.839. The zero-order valence-electron chi connectivity index (χ0n) is 23.0. The molecule has 5 rings (SSSR count). The molecule has 5 aromatic rings. The highest BCUT2D eigenvalue weighted by atomic mass is 16.1. The molecule has 0 aliphatic heterocycles. The van der Waals surface area contributed by atoms with E-state index in [1.165, 1.54) is 16.7 Å². The number of tetrazole rings is 1. The number of hydrogen-bond acceptors (Lipinski definition) is 5. The Kier molecular flexibility index (Phi) is 8.27. The number of hydrogen-bond donors (Lipinski definition) is 1. The van der Waals surface area contributed by atoms with Crippen LogP contribution in [0.5, 0.6) is 0 Å².